The van der Waals surface area contributed by atoms with Crippen molar-refractivity contribution in [2.75, 3.05) is 6.54 Å². The smallest absolute Gasteiger partial charge is 0.167 e. The van der Waals surface area contributed by atoms with E-state index in [4.69, 9.17) is 5.73 Å². The van der Waals surface area contributed by atoms with Gasteiger partial charge in [0, 0.05) is 24.1 Å². The van der Waals surface area contributed by atoms with Crippen molar-refractivity contribution in [3.05, 3.63) is 35.4 Å². The maximum Gasteiger partial charge on any atom is 0.167 e. The number of nitrogens with two attached hydrogens (primary N) is 1. The maximum absolute atomic E-state index is 12.9. The van der Waals surface area contributed by atoms with E-state index in [1.165, 1.54) is 0 Å². The summed E-state index contributed by atoms with van der Waals surface area (Å²) in [7, 11) is 0. The fourth-order valence-corrected chi connectivity index (χ4v) is 1.64. The molecule has 0 fully saturated rings. The van der Waals surface area contributed by atoms with Crippen LogP contribution >= 0.6 is 0 Å². The number of hydrogen-bond donors (Lipinski definition) is 1. The summed E-state index contributed by atoms with van der Waals surface area (Å²) in [6, 6.07) is 2.83. The van der Waals surface area contributed by atoms with Gasteiger partial charge in [0.2, 0.25) is 0 Å². The average molecular weight is 227 g/mol. The van der Waals surface area contributed by atoms with E-state index in [9.17, 15) is 13.6 Å². The minimum Gasteiger partial charge on any atom is -0.330 e. The Labute approximate surface area is 93.5 Å². The predicted molar refractivity (Wildman–Crippen MR) is 58.1 cm³/mol. The molecule has 0 saturated carbocycles. The van der Waals surface area contributed by atoms with E-state index in [1.54, 1.807) is 0 Å². The van der Waals surface area contributed by atoms with Gasteiger partial charge in [-0.2, -0.15) is 0 Å². The third kappa shape index (κ3) is 3.10. The molecule has 16 heavy (non-hydrogen) atoms. The van der Waals surface area contributed by atoms with E-state index in [2.05, 4.69) is 0 Å². The molecule has 1 unspecified atom stereocenters. The molecular weight excluding hydrogens is 212 g/mol. The SMILES string of the molecule is CCCC(CN)C(=O)c1cc(F)cc(F)c1. The molecule has 1 atom stereocenters. The molecule has 4 heteroatoms. The second-order valence-electron chi connectivity index (χ2n) is 3.74. The van der Waals surface area contributed by atoms with Crippen molar-refractivity contribution >= 4 is 5.78 Å². The molecule has 0 aliphatic carbocycles. The molecule has 0 radical (unpaired) electrons. The van der Waals surface area contributed by atoms with Crippen molar-refractivity contribution in [3.63, 3.8) is 0 Å². The van der Waals surface area contributed by atoms with Crippen LogP contribution in [-0.4, -0.2) is 12.3 Å². The van der Waals surface area contributed by atoms with Gasteiger partial charge in [0.25, 0.3) is 0 Å². The molecule has 2 nitrogen and oxygen atoms in total. The molecule has 1 aromatic rings. The summed E-state index contributed by atoms with van der Waals surface area (Å²) in [6.07, 6.45) is 1.44. The van der Waals surface area contributed by atoms with Crippen LogP contribution < -0.4 is 5.73 Å². The lowest BCUT2D eigenvalue weighted by Gasteiger charge is -2.12. The second kappa shape index (κ2) is 5.70. The molecule has 2 N–H and O–H groups in total. The number of Topliss-reactive ketones (excluding diaryl/α,β-unsaturated/α-hetero) is 1. The topological polar surface area (TPSA) is 43.1 Å². The normalized spacial score (nSPS) is 12.5. The fraction of sp³-hybridized carbons (Fsp3) is 0.417. The molecule has 0 aliphatic heterocycles. The van der Waals surface area contributed by atoms with E-state index < -0.39 is 11.6 Å². The minimum absolute atomic E-state index is 0.0569. The Morgan fingerprint density at radius 3 is 2.31 bits per heavy atom. The zero-order chi connectivity index (χ0) is 12.1. The third-order valence-electron chi connectivity index (χ3n) is 2.44. The first-order valence-electron chi connectivity index (χ1n) is 5.28. The Bertz CT molecular complexity index is 359. The Morgan fingerprint density at radius 1 is 1.31 bits per heavy atom. The molecule has 0 spiro atoms. The number of benzene rings is 1. The van der Waals surface area contributed by atoms with Gasteiger partial charge in [-0.15, -0.1) is 0 Å². The standard InChI is InChI=1S/C12H15F2NO/c1-2-3-8(7-15)12(16)9-4-10(13)6-11(14)5-9/h4-6,8H,2-3,7,15H2,1H3. The van der Waals surface area contributed by atoms with Crippen molar-refractivity contribution in [2.45, 2.75) is 19.8 Å². The zero-order valence-corrected chi connectivity index (χ0v) is 9.17. The highest BCUT2D eigenvalue weighted by Crippen LogP contribution is 2.15. The Morgan fingerprint density at radius 2 is 1.88 bits per heavy atom. The van der Waals surface area contributed by atoms with Gasteiger partial charge in [-0.1, -0.05) is 13.3 Å². The van der Waals surface area contributed by atoms with Crippen LogP contribution in [0.5, 0.6) is 0 Å². The summed E-state index contributed by atoms with van der Waals surface area (Å²) in [5.74, 6) is -2.12. The van der Waals surface area contributed by atoms with Crippen LogP contribution in [0.2, 0.25) is 0 Å². The Hall–Kier alpha value is -1.29. The molecule has 0 amide bonds. The summed E-state index contributed by atoms with van der Waals surface area (Å²) in [5, 5.41) is 0. The predicted octanol–water partition coefficient (Wildman–Crippen LogP) is 2.52. The quantitative estimate of drug-likeness (QED) is 0.785. The van der Waals surface area contributed by atoms with Gasteiger partial charge in [0.1, 0.15) is 11.6 Å². The van der Waals surface area contributed by atoms with Crippen LogP contribution in [0, 0.1) is 17.6 Å². The fourth-order valence-electron chi connectivity index (χ4n) is 1.64. The largest absolute Gasteiger partial charge is 0.330 e. The number of ketones is 1. The summed E-state index contributed by atoms with van der Waals surface area (Å²) in [4.78, 5) is 11.9. The van der Waals surface area contributed by atoms with Gasteiger partial charge < -0.3 is 5.73 Å². The lowest BCUT2D eigenvalue weighted by Crippen LogP contribution is -2.23. The van der Waals surface area contributed by atoms with E-state index >= 15 is 0 Å². The summed E-state index contributed by atoms with van der Waals surface area (Å²) in [6.45, 7) is 2.13. The highest BCUT2D eigenvalue weighted by molar-refractivity contribution is 5.98. The number of carbonyl (C=O) groups is 1. The van der Waals surface area contributed by atoms with Crippen molar-refractivity contribution in [1.29, 1.82) is 0 Å². The van der Waals surface area contributed by atoms with Crippen LogP contribution in [0.25, 0.3) is 0 Å². The van der Waals surface area contributed by atoms with Crippen molar-refractivity contribution in [2.24, 2.45) is 11.7 Å². The minimum atomic E-state index is -0.740. The lowest BCUT2D eigenvalue weighted by atomic mass is 9.93. The molecule has 1 rings (SSSR count). The van der Waals surface area contributed by atoms with Gasteiger partial charge >= 0.3 is 0 Å². The van der Waals surface area contributed by atoms with Crippen LogP contribution in [0.1, 0.15) is 30.1 Å². The Balaban J connectivity index is 2.94. The Kier molecular flexibility index (Phi) is 4.55. The molecule has 0 aromatic heterocycles. The van der Waals surface area contributed by atoms with Crippen molar-refractivity contribution in [3.8, 4) is 0 Å². The van der Waals surface area contributed by atoms with E-state index in [-0.39, 0.29) is 23.8 Å². The average Bonchev–Trinajstić information content (AvgIpc) is 2.23. The molecule has 0 aliphatic rings. The third-order valence-corrected chi connectivity index (χ3v) is 2.44. The summed E-state index contributed by atoms with van der Waals surface area (Å²) in [5.41, 5.74) is 5.52. The molecule has 88 valence electrons. The van der Waals surface area contributed by atoms with Gasteiger partial charge in [-0.05, 0) is 18.6 Å². The van der Waals surface area contributed by atoms with Gasteiger partial charge in [0.05, 0.1) is 0 Å². The second-order valence-corrected chi connectivity index (χ2v) is 3.74. The van der Waals surface area contributed by atoms with E-state index in [0.717, 1.165) is 24.6 Å². The first kappa shape index (κ1) is 12.8. The monoisotopic (exact) mass is 227 g/mol. The van der Waals surface area contributed by atoms with Crippen molar-refractivity contribution in [1.82, 2.24) is 0 Å². The molecule has 1 aromatic carbocycles. The molecular formula is C12H15F2NO. The molecule has 0 saturated heterocycles. The summed E-state index contributed by atoms with van der Waals surface area (Å²) < 4.78 is 25.8. The number of carbonyl (C=O) groups excluding carboxylic acids is 1. The van der Waals surface area contributed by atoms with Crippen LogP contribution in [-0.2, 0) is 0 Å². The lowest BCUT2D eigenvalue weighted by molar-refractivity contribution is 0.0916. The first-order valence-corrected chi connectivity index (χ1v) is 5.28. The van der Waals surface area contributed by atoms with Crippen molar-refractivity contribution < 1.29 is 13.6 Å². The van der Waals surface area contributed by atoms with E-state index in [0.29, 0.717) is 6.42 Å². The van der Waals surface area contributed by atoms with E-state index in [1.807, 2.05) is 6.92 Å². The summed E-state index contributed by atoms with van der Waals surface area (Å²) >= 11 is 0. The van der Waals surface area contributed by atoms with Gasteiger partial charge in [-0.3, -0.25) is 4.79 Å². The number of hydrogen-bond acceptors (Lipinski definition) is 2. The first-order chi connectivity index (χ1) is 7.58. The number of halogens is 2. The van der Waals surface area contributed by atoms with Crippen LogP contribution in [0.15, 0.2) is 18.2 Å². The molecule has 0 bridgehead atoms. The van der Waals surface area contributed by atoms with Gasteiger partial charge in [0.15, 0.2) is 5.78 Å². The van der Waals surface area contributed by atoms with Gasteiger partial charge in [-0.25, -0.2) is 8.78 Å². The van der Waals surface area contributed by atoms with Crippen LogP contribution in [0.3, 0.4) is 0 Å². The highest BCUT2D eigenvalue weighted by atomic mass is 19.1. The number of rotatable bonds is 5. The van der Waals surface area contributed by atoms with Crippen LogP contribution in [0.4, 0.5) is 8.78 Å². The molecule has 0 heterocycles. The zero-order valence-electron chi connectivity index (χ0n) is 9.17. The maximum atomic E-state index is 12.9. The highest BCUT2D eigenvalue weighted by Gasteiger charge is 2.18.